The Balaban J connectivity index is 1.10. The molecule has 0 amide bonds. The normalized spacial score (nSPS) is 11.9. The molecule has 0 radical (unpaired) electrons. The first-order valence-electron chi connectivity index (χ1n) is 18.1. The Hall–Kier alpha value is -7.04. The highest BCUT2D eigenvalue weighted by Gasteiger charge is 2.19. The Bertz CT molecular complexity index is 3130. The van der Waals surface area contributed by atoms with E-state index in [9.17, 15) is 0 Å². The summed E-state index contributed by atoms with van der Waals surface area (Å²) in [4.78, 5) is 2.36. The zero-order valence-corrected chi connectivity index (χ0v) is 29.1. The van der Waals surface area contributed by atoms with E-state index >= 15 is 0 Å². The minimum absolute atomic E-state index is 0.895. The van der Waals surface area contributed by atoms with Crippen molar-refractivity contribution < 1.29 is 4.42 Å². The van der Waals surface area contributed by atoms with Crippen molar-refractivity contribution in [2.24, 2.45) is 0 Å². The number of rotatable bonds is 5. The number of benzene rings is 8. The van der Waals surface area contributed by atoms with E-state index in [1.807, 2.05) is 12.1 Å². The second-order valence-electron chi connectivity index (χ2n) is 13.9. The summed E-state index contributed by atoms with van der Waals surface area (Å²) in [5.74, 6) is 0. The van der Waals surface area contributed by atoms with E-state index < -0.39 is 0 Å². The van der Waals surface area contributed by atoms with Gasteiger partial charge < -0.3 is 18.5 Å². The third kappa shape index (κ3) is 4.56. The van der Waals surface area contributed by atoms with Crippen LogP contribution in [-0.4, -0.2) is 9.13 Å². The van der Waals surface area contributed by atoms with Crippen LogP contribution in [0.1, 0.15) is 5.56 Å². The maximum absolute atomic E-state index is 6.21. The first kappa shape index (κ1) is 29.7. The minimum Gasteiger partial charge on any atom is -0.456 e. The van der Waals surface area contributed by atoms with Crippen LogP contribution in [0.25, 0.3) is 76.9 Å². The van der Waals surface area contributed by atoms with E-state index in [0.29, 0.717) is 0 Å². The van der Waals surface area contributed by atoms with E-state index in [0.717, 1.165) is 55.9 Å². The maximum atomic E-state index is 6.21. The van der Waals surface area contributed by atoms with Crippen molar-refractivity contribution in [3.63, 3.8) is 0 Å². The van der Waals surface area contributed by atoms with Gasteiger partial charge in [-0.15, -0.1) is 0 Å². The van der Waals surface area contributed by atoms with Gasteiger partial charge in [-0.2, -0.15) is 0 Å². The third-order valence-electron chi connectivity index (χ3n) is 10.8. The van der Waals surface area contributed by atoms with Crippen molar-refractivity contribution in [1.82, 2.24) is 9.13 Å². The van der Waals surface area contributed by atoms with Crippen LogP contribution in [0.2, 0.25) is 0 Å². The Morgan fingerprint density at radius 3 is 1.47 bits per heavy atom. The molecule has 0 bridgehead atoms. The number of anilines is 3. The van der Waals surface area contributed by atoms with Gasteiger partial charge in [-0.25, -0.2) is 0 Å². The number of para-hydroxylation sites is 4. The SMILES string of the molecule is Cc1ccc(N(c2ccc(-n3c4ccccc4c4ccccc43)cc2)c2ccc3c4ccccc4n(-c4ccc5oc6ccccc6c5c4)c3c2)cc1. The number of aryl methyl sites for hydroxylation is 1. The summed E-state index contributed by atoms with van der Waals surface area (Å²) in [6, 6.07) is 65.5. The molecule has 0 spiro atoms. The van der Waals surface area contributed by atoms with Crippen LogP contribution in [0.3, 0.4) is 0 Å². The highest BCUT2D eigenvalue weighted by atomic mass is 16.3. The van der Waals surface area contributed by atoms with Crippen molar-refractivity contribution in [1.29, 1.82) is 0 Å². The highest BCUT2D eigenvalue weighted by molar-refractivity contribution is 6.12. The van der Waals surface area contributed by atoms with Gasteiger partial charge in [0.1, 0.15) is 11.2 Å². The predicted octanol–water partition coefficient (Wildman–Crippen LogP) is 13.6. The molecule has 0 unspecified atom stereocenters. The summed E-state index contributed by atoms with van der Waals surface area (Å²) in [7, 11) is 0. The molecular formula is C49H33N3O. The summed E-state index contributed by atoms with van der Waals surface area (Å²) in [5, 5.41) is 7.20. The van der Waals surface area contributed by atoms with Crippen molar-refractivity contribution in [3.8, 4) is 11.4 Å². The van der Waals surface area contributed by atoms with Gasteiger partial charge in [-0.1, -0.05) is 96.6 Å². The van der Waals surface area contributed by atoms with Gasteiger partial charge in [0.2, 0.25) is 0 Å². The number of nitrogens with zero attached hydrogens (tertiary/aromatic N) is 3. The molecule has 250 valence electrons. The maximum Gasteiger partial charge on any atom is 0.135 e. The molecule has 0 aliphatic carbocycles. The molecule has 0 atom stereocenters. The van der Waals surface area contributed by atoms with Crippen LogP contribution in [0.4, 0.5) is 17.1 Å². The molecule has 11 aromatic rings. The summed E-state index contributed by atoms with van der Waals surface area (Å²) in [6.45, 7) is 2.14. The fourth-order valence-electron chi connectivity index (χ4n) is 8.32. The molecule has 11 rings (SSSR count). The van der Waals surface area contributed by atoms with Crippen LogP contribution < -0.4 is 4.90 Å². The lowest BCUT2D eigenvalue weighted by molar-refractivity contribution is 0.669. The average molecular weight is 680 g/mol. The average Bonchev–Trinajstić information content (AvgIpc) is 3.86. The molecule has 0 aliphatic heterocycles. The molecule has 3 aromatic heterocycles. The van der Waals surface area contributed by atoms with Gasteiger partial charge in [0.25, 0.3) is 0 Å². The molecule has 0 aliphatic rings. The zero-order chi connectivity index (χ0) is 35.0. The van der Waals surface area contributed by atoms with E-state index in [1.165, 1.54) is 43.7 Å². The van der Waals surface area contributed by atoms with Gasteiger partial charge in [0.05, 0.1) is 22.1 Å². The monoisotopic (exact) mass is 679 g/mol. The van der Waals surface area contributed by atoms with E-state index in [2.05, 4.69) is 191 Å². The summed E-state index contributed by atoms with van der Waals surface area (Å²) in [6.07, 6.45) is 0. The van der Waals surface area contributed by atoms with Crippen LogP contribution in [0, 0.1) is 6.92 Å². The first-order chi connectivity index (χ1) is 26.2. The Morgan fingerprint density at radius 2 is 0.830 bits per heavy atom. The van der Waals surface area contributed by atoms with E-state index in [4.69, 9.17) is 4.42 Å². The Labute approximate surface area is 306 Å². The lowest BCUT2D eigenvalue weighted by Gasteiger charge is -2.26. The number of hydrogen-bond acceptors (Lipinski definition) is 2. The van der Waals surface area contributed by atoms with Gasteiger partial charge in [-0.3, -0.25) is 0 Å². The van der Waals surface area contributed by atoms with Gasteiger partial charge in [0, 0.05) is 60.8 Å². The molecule has 4 nitrogen and oxygen atoms in total. The van der Waals surface area contributed by atoms with Gasteiger partial charge in [-0.05, 0) is 97.9 Å². The first-order valence-corrected chi connectivity index (χ1v) is 18.1. The lowest BCUT2D eigenvalue weighted by atomic mass is 10.1. The third-order valence-corrected chi connectivity index (χ3v) is 10.8. The quantitative estimate of drug-likeness (QED) is 0.181. The molecule has 0 N–H and O–H groups in total. The predicted molar refractivity (Wildman–Crippen MR) is 222 cm³/mol. The molecule has 0 fully saturated rings. The number of furan rings is 1. The largest absolute Gasteiger partial charge is 0.456 e. The van der Waals surface area contributed by atoms with Crippen LogP contribution >= 0.6 is 0 Å². The van der Waals surface area contributed by atoms with Gasteiger partial charge in [0.15, 0.2) is 0 Å². The number of aromatic nitrogens is 2. The van der Waals surface area contributed by atoms with Crippen LogP contribution in [0.15, 0.2) is 186 Å². The second-order valence-corrected chi connectivity index (χ2v) is 13.9. The van der Waals surface area contributed by atoms with E-state index in [1.54, 1.807) is 0 Å². The standard InChI is InChI=1S/C49H33N3O/c1-32-18-20-33(21-19-32)50(34-22-24-35(25-23-34)51-44-14-6-2-10-38(44)39-11-3-7-15-45(39)51)37-26-28-41-40-12-4-8-16-46(40)52(47(41)31-37)36-27-29-49-43(30-36)42-13-5-9-17-48(42)53-49/h2-31H,1H3. The topological polar surface area (TPSA) is 26.2 Å². The Morgan fingerprint density at radius 1 is 0.358 bits per heavy atom. The van der Waals surface area contributed by atoms with Crippen LogP contribution in [-0.2, 0) is 0 Å². The molecule has 53 heavy (non-hydrogen) atoms. The highest BCUT2D eigenvalue weighted by Crippen LogP contribution is 2.41. The fourth-order valence-corrected chi connectivity index (χ4v) is 8.32. The molecule has 8 aromatic carbocycles. The number of fused-ring (bicyclic) bond motifs is 9. The van der Waals surface area contributed by atoms with Crippen molar-refractivity contribution >= 4 is 82.6 Å². The van der Waals surface area contributed by atoms with Crippen molar-refractivity contribution in [3.05, 3.63) is 188 Å². The fraction of sp³-hybridized carbons (Fsp3) is 0.0204. The van der Waals surface area contributed by atoms with Gasteiger partial charge >= 0.3 is 0 Å². The molecule has 4 heteroatoms. The zero-order valence-electron chi connectivity index (χ0n) is 29.1. The van der Waals surface area contributed by atoms with E-state index in [-0.39, 0.29) is 0 Å². The summed E-state index contributed by atoms with van der Waals surface area (Å²) >= 11 is 0. The summed E-state index contributed by atoms with van der Waals surface area (Å²) in [5.41, 5.74) is 13.3. The van der Waals surface area contributed by atoms with Crippen molar-refractivity contribution in [2.45, 2.75) is 6.92 Å². The molecule has 3 heterocycles. The van der Waals surface area contributed by atoms with Crippen molar-refractivity contribution in [2.75, 3.05) is 4.90 Å². The second kappa shape index (κ2) is 11.5. The number of hydrogen-bond donors (Lipinski definition) is 0. The molecular weight excluding hydrogens is 647 g/mol. The van der Waals surface area contributed by atoms with Crippen LogP contribution in [0.5, 0.6) is 0 Å². The lowest BCUT2D eigenvalue weighted by Crippen LogP contribution is -2.10. The Kier molecular flexibility index (Phi) is 6.43. The smallest absolute Gasteiger partial charge is 0.135 e. The summed E-state index contributed by atoms with van der Waals surface area (Å²) < 4.78 is 11.0. The molecule has 0 saturated carbocycles. The minimum atomic E-state index is 0.895. The molecule has 0 saturated heterocycles.